The molecule has 3 atom stereocenters. The van der Waals surface area contributed by atoms with E-state index in [9.17, 15) is 0 Å². The lowest BCUT2D eigenvalue weighted by Gasteiger charge is -2.31. The summed E-state index contributed by atoms with van der Waals surface area (Å²) in [6.07, 6.45) is 5.75. The maximum absolute atomic E-state index is 5.32. The molecule has 0 saturated heterocycles. The zero-order valence-electron chi connectivity index (χ0n) is 9.70. The topological polar surface area (TPSA) is 25.2 Å². The summed E-state index contributed by atoms with van der Waals surface area (Å²) in [5.41, 5.74) is 0. The third-order valence-corrected chi connectivity index (χ3v) is 3.32. The highest BCUT2D eigenvalue weighted by Crippen LogP contribution is 2.28. The maximum Gasteiger partial charge on any atom is 0.117 e. The monoisotopic (exact) mass is 207 g/mol. The van der Waals surface area contributed by atoms with Crippen molar-refractivity contribution in [2.24, 2.45) is 11.8 Å². The molecular weight excluding hydrogens is 186 g/mol. The summed E-state index contributed by atoms with van der Waals surface area (Å²) in [7, 11) is 0. The molecule has 15 heavy (non-hydrogen) atoms. The highest BCUT2D eigenvalue weighted by molar-refractivity contribution is 4.98. The number of hydrogen-bond donors (Lipinski definition) is 1. The van der Waals surface area contributed by atoms with E-state index >= 15 is 0 Å². The Morgan fingerprint density at radius 1 is 1.27 bits per heavy atom. The van der Waals surface area contributed by atoms with Gasteiger partial charge in [-0.3, -0.25) is 0 Å². The van der Waals surface area contributed by atoms with E-state index in [0.29, 0.717) is 6.04 Å². The van der Waals surface area contributed by atoms with Crippen molar-refractivity contribution in [3.05, 3.63) is 24.2 Å². The van der Waals surface area contributed by atoms with E-state index in [1.54, 1.807) is 6.26 Å². The van der Waals surface area contributed by atoms with Crippen LogP contribution in [0.3, 0.4) is 0 Å². The van der Waals surface area contributed by atoms with Crippen LogP contribution in [0.2, 0.25) is 0 Å². The van der Waals surface area contributed by atoms with E-state index in [4.69, 9.17) is 4.42 Å². The van der Waals surface area contributed by atoms with Crippen LogP contribution in [0.5, 0.6) is 0 Å². The number of hydrogen-bond acceptors (Lipinski definition) is 2. The van der Waals surface area contributed by atoms with Gasteiger partial charge in [0.15, 0.2) is 0 Å². The molecule has 1 aromatic heterocycles. The minimum absolute atomic E-state index is 0.675. The second-order valence-corrected chi connectivity index (χ2v) is 5.07. The summed E-state index contributed by atoms with van der Waals surface area (Å²) in [6, 6.07) is 4.65. The van der Waals surface area contributed by atoms with Crippen LogP contribution in [0.4, 0.5) is 0 Å². The van der Waals surface area contributed by atoms with Gasteiger partial charge in [0.25, 0.3) is 0 Å². The third kappa shape index (κ3) is 3.10. The van der Waals surface area contributed by atoms with Crippen LogP contribution >= 0.6 is 0 Å². The summed E-state index contributed by atoms with van der Waals surface area (Å²) in [5, 5.41) is 3.59. The smallest absolute Gasteiger partial charge is 0.117 e. The average molecular weight is 207 g/mol. The van der Waals surface area contributed by atoms with E-state index in [2.05, 4.69) is 19.2 Å². The molecule has 1 heterocycles. The Balaban J connectivity index is 1.79. The Hall–Kier alpha value is -0.760. The molecule has 2 heteroatoms. The molecular formula is C13H21NO. The van der Waals surface area contributed by atoms with E-state index in [1.807, 2.05) is 12.1 Å². The van der Waals surface area contributed by atoms with Crippen molar-refractivity contribution in [3.8, 4) is 0 Å². The summed E-state index contributed by atoms with van der Waals surface area (Å²) < 4.78 is 5.32. The molecule has 0 radical (unpaired) electrons. The van der Waals surface area contributed by atoms with Crippen LogP contribution in [0.15, 0.2) is 22.8 Å². The molecule has 2 rings (SSSR count). The highest BCUT2D eigenvalue weighted by atomic mass is 16.3. The van der Waals surface area contributed by atoms with Crippen molar-refractivity contribution < 1.29 is 4.42 Å². The maximum atomic E-state index is 5.32. The second kappa shape index (κ2) is 4.84. The van der Waals surface area contributed by atoms with Gasteiger partial charge < -0.3 is 9.73 Å². The van der Waals surface area contributed by atoms with Gasteiger partial charge in [-0.25, -0.2) is 0 Å². The first kappa shape index (κ1) is 10.7. The van der Waals surface area contributed by atoms with Gasteiger partial charge in [-0.15, -0.1) is 0 Å². The molecule has 1 aliphatic rings. The minimum Gasteiger partial charge on any atom is -0.468 e. The second-order valence-electron chi connectivity index (χ2n) is 5.07. The SMILES string of the molecule is C[C@@H]1CC(NCc2ccco2)C[C@H](C)C1. The molecule has 1 aliphatic carbocycles. The Morgan fingerprint density at radius 3 is 2.60 bits per heavy atom. The Labute approximate surface area is 92.1 Å². The Morgan fingerprint density at radius 2 is 2.00 bits per heavy atom. The van der Waals surface area contributed by atoms with Gasteiger partial charge in [0.05, 0.1) is 12.8 Å². The first-order chi connectivity index (χ1) is 7.24. The molecule has 1 N–H and O–H groups in total. The van der Waals surface area contributed by atoms with Gasteiger partial charge in [0, 0.05) is 6.04 Å². The predicted octanol–water partition coefficient (Wildman–Crippen LogP) is 3.19. The lowest BCUT2D eigenvalue weighted by Crippen LogP contribution is -2.35. The van der Waals surface area contributed by atoms with Crippen LogP contribution in [0.1, 0.15) is 38.9 Å². The quantitative estimate of drug-likeness (QED) is 0.823. The van der Waals surface area contributed by atoms with Crippen molar-refractivity contribution in [2.45, 2.75) is 45.7 Å². The van der Waals surface area contributed by atoms with Crippen molar-refractivity contribution in [2.75, 3.05) is 0 Å². The fraction of sp³-hybridized carbons (Fsp3) is 0.692. The number of nitrogens with one attached hydrogen (secondary N) is 1. The standard InChI is InChI=1S/C13H21NO/c1-10-6-11(2)8-12(7-10)14-9-13-4-3-5-15-13/h3-5,10-12,14H,6-9H2,1-2H3/t10-,11+,12?. The zero-order chi connectivity index (χ0) is 10.7. The molecule has 0 spiro atoms. The Kier molecular flexibility index (Phi) is 3.47. The molecule has 0 amide bonds. The largest absolute Gasteiger partial charge is 0.468 e. The number of furan rings is 1. The third-order valence-electron chi connectivity index (χ3n) is 3.32. The van der Waals surface area contributed by atoms with Crippen LogP contribution < -0.4 is 5.32 Å². The van der Waals surface area contributed by atoms with E-state index in [1.165, 1.54) is 19.3 Å². The number of rotatable bonds is 3. The van der Waals surface area contributed by atoms with E-state index in [-0.39, 0.29) is 0 Å². The molecule has 0 aromatic carbocycles. The van der Waals surface area contributed by atoms with Gasteiger partial charge in [0.2, 0.25) is 0 Å². The van der Waals surface area contributed by atoms with E-state index < -0.39 is 0 Å². The molecule has 1 fully saturated rings. The van der Waals surface area contributed by atoms with Crippen LogP contribution in [0, 0.1) is 11.8 Å². The fourth-order valence-electron chi connectivity index (χ4n) is 2.77. The molecule has 1 aromatic rings. The molecule has 2 nitrogen and oxygen atoms in total. The average Bonchev–Trinajstić information content (AvgIpc) is 2.65. The molecule has 1 saturated carbocycles. The summed E-state index contributed by atoms with van der Waals surface area (Å²) in [4.78, 5) is 0. The fourth-order valence-corrected chi connectivity index (χ4v) is 2.77. The summed E-state index contributed by atoms with van der Waals surface area (Å²) >= 11 is 0. The Bertz CT molecular complexity index is 271. The molecule has 84 valence electrons. The summed E-state index contributed by atoms with van der Waals surface area (Å²) in [5.74, 6) is 2.77. The van der Waals surface area contributed by atoms with Gasteiger partial charge in [0.1, 0.15) is 5.76 Å². The highest BCUT2D eigenvalue weighted by Gasteiger charge is 2.23. The van der Waals surface area contributed by atoms with Crippen molar-refractivity contribution >= 4 is 0 Å². The lowest BCUT2D eigenvalue weighted by molar-refractivity contribution is 0.235. The van der Waals surface area contributed by atoms with E-state index in [0.717, 1.165) is 24.1 Å². The lowest BCUT2D eigenvalue weighted by atomic mass is 9.80. The van der Waals surface area contributed by atoms with Crippen molar-refractivity contribution in [3.63, 3.8) is 0 Å². The first-order valence-corrected chi connectivity index (χ1v) is 6.00. The van der Waals surface area contributed by atoms with Gasteiger partial charge in [-0.05, 0) is 43.2 Å². The zero-order valence-corrected chi connectivity index (χ0v) is 9.70. The first-order valence-electron chi connectivity index (χ1n) is 6.00. The van der Waals surface area contributed by atoms with Gasteiger partial charge >= 0.3 is 0 Å². The predicted molar refractivity (Wildman–Crippen MR) is 61.5 cm³/mol. The van der Waals surface area contributed by atoms with Gasteiger partial charge in [-0.2, -0.15) is 0 Å². The normalized spacial score (nSPS) is 31.7. The van der Waals surface area contributed by atoms with Crippen molar-refractivity contribution in [1.82, 2.24) is 5.32 Å². The van der Waals surface area contributed by atoms with Gasteiger partial charge in [-0.1, -0.05) is 13.8 Å². The minimum atomic E-state index is 0.675. The van der Waals surface area contributed by atoms with Crippen molar-refractivity contribution in [1.29, 1.82) is 0 Å². The summed E-state index contributed by atoms with van der Waals surface area (Å²) in [6.45, 7) is 5.59. The van der Waals surface area contributed by atoms with Crippen LogP contribution in [-0.2, 0) is 6.54 Å². The molecule has 0 bridgehead atoms. The molecule has 0 aliphatic heterocycles. The molecule has 1 unspecified atom stereocenters. The van der Waals surface area contributed by atoms with Crippen LogP contribution in [0.25, 0.3) is 0 Å². The van der Waals surface area contributed by atoms with Crippen LogP contribution in [-0.4, -0.2) is 6.04 Å².